The van der Waals surface area contributed by atoms with Crippen LogP contribution >= 0.6 is 0 Å². The van der Waals surface area contributed by atoms with Gasteiger partial charge in [0, 0.05) is 25.0 Å². The fraction of sp³-hybridized carbons (Fsp3) is 0.286. The van der Waals surface area contributed by atoms with Crippen molar-refractivity contribution in [2.24, 2.45) is 4.99 Å². The number of fused-ring (bicyclic) bond motifs is 1. The highest BCUT2D eigenvalue weighted by atomic mass is 15.2. The number of aliphatic imine (C=N–C) groups is 1. The van der Waals surface area contributed by atoms with Crippen LogP contribution in [0.25, 0.3) is 0 Å². The second kappa shape index (κ2) is 1.87. The molecule has 1 aliphatic heterocycles. The number of rotatable bonds is 0. The Balaban J connectivity index is 2.52. The fourth-order valence-electron chi connectivity index (χ4n) is 1.14. The van der Waals surface area contributed by atoms with Crippen LogP contribution in [0.4, 0.5) is 5.82 Å². The van der Waals surface area contributed by atoms with Gasteiger partial charge in [-0.05, 0) is 6.07 Å². The first-order chi connectivity index (χ1) is 4.88. The lowest BCUT2D eigenvalue weighted by molar-refractivity contribution is 0.906. The zero-order chi connectivity index (χ0) is 6.97. The monoisotopic (exact) mass is 135 g/mol. The van der Waals surface area contributed by atoms with Gasteiger partial charge in [0.2, 0.25) is 0 Å². The summed E-state index contributed by atoms with van der Waals surface area (Å²) in [6.07, 6.45) is 3.82. The summed E-state index contributed by atoms with van der Waals surface area (Å²) in [6, 6.07) is 2.02. The molecule has 0 unspecified atom stereocenters. The van der Waals surface area contributed by atoms with E-state index in [0.717, 1.165) is 12.5 Å². The summed E-state index contributed by atoms with van der Waals surface area (Å²) < 4.78 is 0. The molecule has 2 heterocycles. The number of aromatic nitrogens is 1. The van der Waals surface area contributed by atoms with Crippen molar-refractivity contribution in [3.05, 3.63) is 17.8 Å². The molecule has 0 spiro atoms. The van der Waals surface area contributed by atoms with Gasteiger partial charge in [-0.1, -0.05) is 0 Å². The Labute approximate surface area is 59.4 Å². The maximum Gasteiger partial charge on any atom is 0.116 e. The Morgan fingerprint density at radius 3 is 3.40 bits per heavy atom. The first kappa shape index (κ1) is 5.53. The summed E-state index contributed by atoms with van der Waals surface area (Å²) in [4.78, 5) is 9.37. The Kier molecular flexibility index (Phi) is 1.03. The number of anilines is 1. The largest absolute Gasteiger partial charge is 0.348 e. The molecule has 2 rings (SSSR count). The first-order valence-corrected chi connectivity index (χ1v) is 3.26. The van der Waals surface area contributed by atoms with E-state index in [1.165, 1.54) is 5.56 Å². The molecule has 0 bridgehead atoms. The molecule has 1 aromatic rings. The van der Waals surface area contributed by atoms with Crippen LogP contribution in [0.15, 0.2) is 17.3 Å². The highest BCUT2D eigenvalue weighted by Gasteiger charge is 2.08. The molecule has 3 nitrogen and oxygen atoms in total. The van der Waals surface area contributed by atoms with Gasteiger partial charge in [-0.3, -0.25) is 4.99 Å². The van der Waals surface area contributed by atoms with Crippen molar-refractivity contribution in [2.45, 2.75) is 0 Å². The average Bonchev–Trinajstić information content (AvgIpc) is 2.36. The van der Waals surface area contributed by atoms with Crippen molar-refractivity contribution < 1.29 is 0 Å². The van der Waals surface area contributed by atoms with Crippen LogP contribution in [0.2, 0.25) is 0 Å². The van der Waals surface area contributed by atoms with Gasteiger partial charge in [0.15, 0.2) is 0 Å². The number of nitrogens with one attached hydrogen (secondary N) is 1. The molecule has 0 aliphatic carbocycles. The van der Waals surface area contributed by atoms with E-state index in [1.807, 2.05) is 25.5 Å². The van der Waals surface area contributed by atoms with Crippen LogP contribution in [-0.4, -0.2) is 24.9 Å². The third kappa shape index (κ3) is 0.635. The van der Waals surface area contributed by atoms with Crippen LogP contribution < -0.4 is 4.90 Å². The van der Waals surface area contributed by atoms with E-state index in [2.05, 4.69) is 14.9 Å². The molecule has 52 valence electrons. The predicted octanol–water partition coefficient (Wildman–Crippen LogP) is 0.841. The minimum atomic E-state index is 0.757. The third-order valence-electron chi connectivity index (χ3n) is 1.66. The summed E-state index contributed by atoms with van der Waals surface area (Å²) in [5.41, 5.74) is 1.17. The lowest BCUT2D eigenvalue weighted by atomic mass is 10.3. The van der Waals surface area contributed by atoms with Crippen molar-refractivity contribution in [3.8, 4) is 0 Å². The van der Waals surface area contributed by atoms with Crippen molar-refractivity contribution in [1.82, 2.24) is 4.98 Å². The van der Waals surface area contributed by atoms with Crippen LogP contribution in [0, 0.1) is 0 Å². The standard InChI is InChI=1S/C7H9N3/c1-10-5-8-4-6-2-3-9-7(6)10/h2-4,9H,5H2,1H3. The van der Waals surface area contributed by atoms with Gasteiger partial charge >= 0.3 is 0 Å². The number of hydrogen-bond donors (Lipinski definition) is 1. The molecular formula is C7H9N3. The van der Waals surface area contributed by atoms with Gasteiger partial charge in [0.05, 0.1) is 0 Å². The molecule has 1 N–H and O–H groups in total. The van der Waals surface area contributed by atoms with Crippen LogP contribution in [0.1, 0.15) is 5.56 Å². The van der Waals surface area contributed by atoms with Gasteiger partial charge in [0.25, 0.3) is 0 Å². The fourth-order valence-corrected chi connectivity index (χ4v) is 1.14. The minimum Gasteiger partial charge on any atom is -0.348 e. The van der Waals surface area contributed by atoms with Gasteiger partial charge in [0.1, 0.15) is 12.5 Å². The number of nitrogens with zero attached hydrogens (tertiary/aromatic N) is 2. The summed E-state index contributed by atoms with van der Waals surface area (Å²) in [6.45, 7) is 0.757. The van der Waals surface area contributed by atoms with Gasteiger partial charge < -0.3 is 9.88 Å². The molecule has 1 aromatic heterocycles. The Hall–Kier alpha value is -1.25. The van der Waals surface area contributed by atoms with Gasteiger partial charge in [-0.25, -0.2) is 0 Å². The van der Waals surface area contributed by atoms with Crippen molar-refractivity contribution in [2.75, 3.05) is 18.6 Å². The molecule has 3 heteroatoms. The van der Waals surface area contributed by atoms with E-state index < -0.39 is 0 Å². The van der Waals surface area contributed by atoms with E-state index >= 15 is 0 Å². The second-order valence-corrected chi connectivity index (χ2v) is 2.43. The molecule has 0 saturated heterocycles. The van der Waals surface area contributed by atoms with Crippen molar-refractivity contribution >= 4 is 12.0 Å². The lowest BCUT2D eigenvalue weighted by Crippen LogP contribution is -2.21. The summed E-state index contributed by atoms with van der Waals surface area (Å²) >= 11 is 0. The normalized spacial score (nSPS) is 15.5. The molecule has 10 heavy (non-hydrogen) atoms. The highest BCUT2D eigenvalue weighted by molar-refractivity contribution is 5.88. The topological polar surface area (TPSA) is 31.4 Å². The molecule has 1 aliphatic rings. The van der Waals surface area contributed by atoms with E-state index in [9.17, 15) is 0 Å². The summed E-state index contributed by atoms with van der Waals surface area (Å²) in [7, 11) is 2.02. The van der Waals surface area contributed by atoms with Gasteiger partial charge in [-0.15, -0.1) is 0 Å². The van der Waals surface area contributed by atoms with E-state index in [4.69, 9.17) is 0 Å². The number of hydrogen-bond acceptors (Lipinski definition) is 2. The third-order valence-corrected chi connectivity index (χ3v) is 1.66. The number of aromatic amines is 1. The van der Waals surface area contributed by atoms with Crippen LogP contribution in [0.5, 0.6) is 0 Å². The summed E-state index contributed by atoms with van der Waals surface area (Å²) in [5.74, 6) is 1.16. The van der Waals surface area contributed by atoms with E-state index in [-0.39, 0.29) is 0 Å². The maximum absolute atomic E-state index is 4.15. The van der Waals surface area contributed by atoms with E-state index in [0.29, 0.717) is 0 Å². The van der Waals surface area contributed by atoms with Gasteiger partial charge in [-0.2, -0.15) is 0 Å². The summed E-state index contributed by atoms with van der Waals surface area (Å²) in [5, 5.41) is 0. The SMILES string of the molecule is CN1CN=Cc2cc[nH]c21. The second-order valence-electron chi connectivity index (χ2n) is 2.43. The first-order valence-electron chi connectivity index (χ1n) is 3.26. The maximum atomic E-state index is 4.15. The average molecular weight is 135 g/mol. The number of H-pyrrole nitrogens is 1. The van der Waals surface area contributed by atoms with Crippen LogP contribution in [0.3, 0.4) is 0 Å². The molecule has 0 amide bonds. The van der Waals surface area contributed by atoms with Crippen molar-refractivity contribution in [1.29, 1.82) is 0 Å². The molecule has 0 aromatic carbocycles. The van der Waals surface area contributed by atoms with E-state index in [1.54, 1.807) is 0 Å². The molecule has 0 saturated carbocycles. The molecule has 0 atom stereocenters. The lowest BCUT2D eigenvalue weighted by Gasteiger charge is -2.18. The predicted molar refractivity (Wildman–Crippen MR) is 41.7 cm³/mol. The highest BCUT2D eigenvalue weighted by Crippen LogP contribution is 2.17. The Morgan fingerprint density at radius 2 is 2.60 bits per heavy atom. The van der Waals surface area contributed by atoms with Crippen molar-refractivity contribution in [3.63, 3.8) is 0 Å². The smallest absolute Gasteiger partial charge is 0.116 e. The quantitative estimate of drug-likeness (QED) is 0.561. The molecule has 0 fully saturated rings. The van der Waals surface area contributed by atoms with Crippen LogP contribution in [-0.2, 0) is 0 Å². The zero-order valence-corrected chi connectivity index (χ0v) is 5.83. The molecular weight excluding hydrogens is 126 g/mol. The Morgan fingerprint density at radius 1 is 1.70 bits per heavy atom. The zero-order valence-electron chi connectivity index (χ0n) is 5.83. The minimum absolute atomic E-state index is 0.757. The molecule has 0 radical (unpaired) electrons. The Bertz CT molecular complexity index is 262.